The lowest BCUT2D eigenvalue weighted by Crippen LogP contribution is -2.34. The number of nitrogens with zero attached hydrogens (tertiary/aromatic N) is 4. The smallest absolute Gasteiger partial charge is 0.352 e. The van der Waals surface area contributed by atoms with Gasteiger partial charge in [0.1, 0.15) is 16.9 Å². The zero-order chi connectivity index (χ0) is 22.3. The molecule has 2 rings (SSSR count). The maximum Gasteiger partial charge on any atom is 0.408 e. The van der Waals surface area contributed by atoms with Crippen LogP contribution in [-0.2, 0) is 0 Å². The van der Waals surface area contributed by atoms with Crippen LogP contribution in [0.25, 0.3) is 11.5 Å². The van der Waals surface area contributed by atoms with Crippen molar-refractivity contribution in [3.8, 4) is 11.5 Å². The van der Waals surface area contributed by atoms with Gasteiger partial charge >= 0.3 is 6.18 Å². The van der Waals surface area contributed by atoms with Crippen LogP contribution in [0, 0.1) is 0 Å². The molecule has 0 bridgehead atoms. The van der Waals surface area contributed by atoms with Crippen molar-refractivity contribution < 1.29 is 20.0 Å². The van der Waals surface area contributed by atoms with Crippen molar-refractivity contribution in [3.05, 3.63) is 23.4 Å². The first-order valence-corrected chi connectivity index (χ1v) is 6.92. The number of nitrogens with one attached hydrogen (secondary N) is 2. The maximum atomic E-state index is 13.1. The Kier molecular flexibility index (Phi) is 3.65. The predicted octanol–water partition coefficient (Wildman–Crippen LogP) is 3.77. The monoisotopic (exact) mass is 365 g/mol. The number of pyridine rings is 1. The molecular formula is C14H16ClF3N6. The molecule has 2 aromatic rings. The predicted molar refractivity (Wildman–Crippen MR) is 86.0 cm³/mol. The molecule has 0 aliphatic carbocycles. The number of rotatable bonds is 5. The van der Waals surface area contributed by atoms with E-state index in [-0.39, 0.29) is 16.7 Å². The van der Waals surface area contributed by atoms with Gasteiger partial charge in [-0.2, -0.15) is 28.1 Å². The Bertz CT molecular complexity index is 845. The third-order valence-electron chi connectivity index (χ3n) is 2.60. The summed E-state index contributed by atoms with van der Waals surface area (Å²) < 4.78 is 76.7. The van der Waals surface area contributed by atoms with Crippen LogP contribution in [0.4, 0.5) is 25.1 Å². The average Bonchev–Trinajstić information content (AvgIpc) is 2.51. The van der Waals surface area contributed by atoms with Gasteiger partial charge in [0.2, 0.25) is 11.9 Å². The van der Waals surface area contributed by atoms with Gasteiger partial charge < -0.3 is 10.6 Å². The SMILES string of the molecule is [2H]C([2H])([2H])[C@]([2H])(C)Nc1nc(N[C@]([2H])(C)C(F)(F)F)nc(-c2cccc(Cl)n2)n1. The van der Waals surface area contributed by atoms with Crippen LogP contribution in [0.5, 0.6) is 0 Å². The molecule has 6 nitrogen and oxygen atoms in total. The van der Waals surface area contributed by atoms with Crippen molar-refractivity contribution in [1.29, 1.82) is 0 Å². The summed E-state index contributed by atoms with van der Waals surface area (Å²) in [7, 11) is 0. The summed E-state index contributed by atoms with van der Waals surface area (Å²) in [5, 5.41) is 4.13. The van der Waals surface area contributed by atoms with E-state index in [1.165, 1.54) is 18.2 Å². The lowest BCUT2D eigenvalue weighted by atomic mass is 10.3. The molecule has 0 fully saturated rings. The van der Waals surface area contributed by atoms with E-state index in [4.69, 9.17) is 18.5 Å². The lowest BCUT2D eigenvalue weighted by Gasteiger charge is -2.18. The average molecular weight is 366 g/mol. The molecule has 0 spiro atoms. The van der Waals surface area contributed by atoms with E-state index in [0.717, 1.165) is 6.92 Å². The molecule has 0 saturated heterocycles. The van der Waals surface area contributed by atoms with Crippen LogP contribution in [0.1, 0.15) is 27.6 Å². The van der Waals surface area contributed by atoms with E-state index in [2.05, 4.69) is 25.3 Å². The summed E-state index contributed by atoms with van der Waals surface area (Å²) in [6.07, 6.45) is -4.97. The standard InChI is InChI=1S/C14H16ClF3N6/c1-7(2)19-12-22-11(9-5-4-6-10(15)21-9)23-13(24-12)20-8(3)14(16,17)18/h4-8H,1-3H3,(H2,19,20,22,23,24)/t8-/m1/s1/i1D3,7D,8D/t7-,8-. The first-order chi connectivity index (χ1) is 13.0. The highest BCUT2D eigenvalue weighted by Gasteiger charge is 2.36. The van der Waals surface area contributed by atoms with E-state index >= 15 is 0 Å². The van der Waals surface area contributed by atoms with Gasteiger partial charge in [-0.1, -0.05) is 17.7 Å². The summed E-state index contributed by atoms with van der Waals surface area (Å²) in [6.45, 7) is -1.23. The van der Waals surface area contributed by atoms with Crippen LogP contribution in [-0.4, -0.2) is 38.1 Å². The van der Waals surface area contributed by atoms with Crippen molar-refractivity contribution >= 4 is 23.5 Å². The fourth-order valence-electron chi connectivity index (χ4n) is 1.54. The summed E-state index contributed by atoms with van der Waals surface area (Å²) in [5.74, 6) is -1.41. The van der Waals surface area contributed by atoms with Gasteiger partial charge in [-0.15, -0.1) is 0 Å². The Morgan fingerprint density at radius 3 is 2.38 bits per heavy atom. The van der Waals surface area contributed by atoms with Gasteiger partial charge in [-0.3, -0.25) is 0 Å². The fourth-order valence-corrected chi connectivity index (χ4v) is 1.71. The van der Waals surface area contributed by atoms with Gasteiger partial charge in [-0.25, -0.2) is 4.98 Å². The van der Waals surface area contributed by atoms with Gasteiger partial charge in [0, 0.05) is 10.1 Å². The molecule has 0 aromatic carbocycles. The Morgan fingerprint density at radius 2 is 1.79 bits per heavy atom. The minimum absolute atomic E-state index is 0.0559. The molecular weight excluding hydrogens is 345 g/mol. The number of anilines is 2. The first-order valence-electron chi connectivity index (χ1n) is 9.04. The van der Waals surface area contributed by atoms with Crippen molar-refractivity contribution in [2.75, 3.05) is 10.6 Å². The molecule has 0 radical (unpaired) electrons. The van der Waals surface area contributed by atoms with Crippen molar-refractivity contribution in [2.45, 2.75) is 38.9 Å². The van der Waals surface area contributed by atoms with Crippen LogP contribution in [0.2, 0.25) is 5.15 Å². The normalized spacial score (nSPS) is 20.3. The van der Waals surface area contributed by atoms with E-state index < -0.39 is 37.0 Å². The van der Waals surface area contributed by atoms with E-state index in [0.29, 0.717) is 6.92 Å². The Morgan fingerprint density at radius 1 is 1.12 bits per heavy atom. The topological polar surface area (TPSA) is 75.6 Å². The third kappa shape index (κ3) is 4.92. The fraction of sp³-hybridized carbons (Fsp3) is 0.429. The number of alkyl halides is 3. The lowest BCUT2D eigenvalue weighted by molar-refractivity contribution is -0.138. The zero-order valence-electron chi connectivity index (χ0n) is 17.5. The summed E-state index contributed by atoms with van der Waals surface area (Å²) in [6, 6.07) is -1.05. The molecule has 10 heteroatoms. The second kappa shape index (κ2) is 7.16. The second-order valence-electron chi connectivity index (χ2n) is 4.65. The number of aromatic nitrogens is 4. The van der Waals surface area contributed by atoms with E-state index in [1.54, 1.807) is 0 Å². The number of hydrogen-bond donors (Lipinski definition) is 2. The second-order valence-corrected chi connectivity index (χ2v) is 5.04. The van der Waals surface area contributed by atoms with Crippen molar-refractivity contribution in [1.82, 2.24) is 19.9 Å². The van der Waals surface area contributed by atoms with Crippen molar-refractivity contribution in [2.24, 2.45) is 0 Å². The number of halogens is 4. The molecule has 0 aliphatic rings. The molecule has 2 N–H and O–H groups in total. The first kappa shape index (κ1) is 12.2. The van der Waals surface area contributed by atoms with E-state index in [1.807, 2.05) is 5.32 Å². The van der Waals surface area contributed by atoms with Gasteiger partial charge in [0.05, 0.1) is 2.74 Å². The quantitative estimate of drug-likeness (QED) is 0.785. The Balaban J connectivity index is 2.55. The van der Waals surface area contributed by atoms with Crippen LogP contribution in [0.3, 0.4) is 0 Å². The van der Waals surface area contributed by atoms with Crippen molar-refractivity contribution in [3.63, 3.8) is 0 Å². The minimum Gasteiger partial charge on any atom is -0.352 e. The Labute approximate surface area is 148 Å². The third-order valence-corrected chi connectivity index (χ3v) is 2.81. The molecule has 2 aromatic heterocycles. The van der Waals surface area contributed by atoms with Gasteiger partial charge in [0.25, 0.3) is 0 Å². The summed E-state index contributed by atoms with van der Waals surface area (Å²) in [4.78, 5) is 15.4. The highest BCUT2D eigenvalue weighted by molar-refractivity contribution is 6.29. The van der Waals surface area contributed by atoms with Crippen LogP contribution < -0.4 is 10.6 Å². The molecule has 0 saturated carbocycles. The minimum atomic E-state index is -4.97. The maximum absolute atomic E-state index is 13.1. The highest BCUT2D eigenvalue weighted by Crippen LogP contribution is 2.24. The molecule has 2 heterocycles. The molecule has 2 atom stereocenters. The molecule has 0 aliphatic heterocycles. The summed E-state index contributed by atoms with van der Waals surface area (Å²) in [5.41, 5.74) is 0.0604. The highest BCUT2D eigenvalue weighted by atomic mass is 35.5. The molecule has 130 valence electrons. The van der Waals surface area contributed by atoms with Crippen LogP contribution >= 0.6 is 11.6 Å². The van der Waals surface area contributed by atoms with Crippen LogP contribution in [0.15, 0.2) is 18.2 Å². The Hall–Kier alpha value is -2.16. The molecule has 0 unspecified atom stereocenters. The van der Waals surface area contributed by atoms with Gasteiger partial charge in [0.15, 0.2) is 5.82 Å². The zero-order valence-corrected chi connectivity index (χ0v) is 13.3. The van der Waals surface area contributed by atoms with E-state index in [9.17, 15) is 13.2 Å². The summed E-state index contributed by atoms with van der Waals surface area (Å²) >= 11 is 5.81. The molecule has 0 amide bonds. The van der Waals surface area contributed by atoms with Gasteiger partial charge in [-0.05, 0) is 32.8 Å². The molecule has 24 heavy (non-hydrogen) atoms. The largest absolute Gasteiger partial charge is 0.408 e. The number of hydrogen-bond acceptors (Lipinski definition) is 6.